The van der Waals surface area contributed by atoms with Gasteiger partial charge in [-0.1, -0.05) is 36.8 Å². The number of nitrogens with zero attached hydrogens (tertiary/aromatic N) is 1. The number of carbonyl (C=O) groups excluding carboxylic acids is 2. The minimum absolute atomic E-state index is 0.0884. The molecule has 0 aliphatic heterocycles. The van der Waals surface area contributed by atoms with Crippen LogP contribution in [0.3, 0.4) is 0 Å². The van der Waals surface area contributed by atoms with E-state index in [4.69, 9.17) is 28.7 Å². The summed E-state index contributed by atoms with van der Waals surface area (Å²) in [6.07, 6.45) is 2.07. The molecule has 1 aromatic heterocycles. The number of ether oxygens (including phenoxy) is 2. The van der Waals surface area contributed by atoms with E-state index in [-0.39, 0.29) is 43.2 Å². The molecule has 33 heavy (non-hydrogen) atoms. The summed E-state index contributed by atoms with van der Waals surface area (Å²) in [5, 5.41) is 19.0. The molecule has 1 amide bonds. The maximum atomic E-state index is 12.6. The summed E-state index contributed by atoms with van der Waals surface area (Å²) in [5.74, 6) is -1.32. The maximum absolute atomic E-state index is 12.6. The van der Waals surface area contributed by atoms with Gasteiger partial charge in [0.2, 0.25) is 0 Å². The van der Waals surface area contributed by atoms with Gasteiger partial charge in [0.05, 0.1) is 18.6 Å². The molecule has 3 N–H and O–H groups in total. The lowest BCUT2D eigenvalue weighted by Crippen LogP contribution is -2.43. The van der Waals surface area contributed by atoms with Gasteiger partial charge in [0.25, 0.3) is 0 Å². The highest BCUT2D eigenvalue weighted by Gasteiger charge is 2.24. The molecule has 0 fully saturated rings. The van der Waals surface area contributed by atoms with Crippen LogP contribution in [0.5, 0.6) is 0 Å². The minimum Gasteiger partial charge on any atom is -0.456 e. The van der Waals surface area contributed by atoms with E-state index >= 15 is 0 Å². The second kappa shape index (κ2) is 14.1. The van der Waals surface area contributed by atoms with Crippen molar-refractivity contribution in [3.05, 3.63) is 58.0 Å². The van der Waals surface area contributed by atoms with Crippen LogP contribution >= 0.6 is 0 Å². The van der Waals surface area contributed by atoms with Gasteiger partial charge in [-0.05, 0) is 31.7 Å². The SMILES string of the molecule is Cc1oc(=O)oc1COC(=O)C(Cc1ccccc1)NC(=O)OCCCCCCON(O)O. The zero-order chi connectivity index (χ0) is 24.1. The van der Waals surface area contributed by atoms with E-state index in [1.54, 1.807) is 0 Å². The molecule has 0 aliphatic carbocycles. The molecular formula is C21H28N2O10. The molecule has 0 spiro atoms. The summed E-state index contributed by atoms with van der Waals surface area (Å²) in [5.41, 5.74) is 0.803. The topological polar surface area (TPSA) is 161 Å². The van der Waals surface area contributed by atoms with Crippen LogP contribution in [-0.2, 0) is 32.1 Å². The number of rotatable bonds is 14. The van der Waals surface area contributed by atoms with E-state index < -0.39 is 23.9 Å². The smallest absolute Gasteiger partial charge is 0.456 e. The van der Waals surface area contributed by atoms with E-state index in [0.717, 1.165) is 18.4 Å². The molecule has 2 aromatic rings. The van der Waals surface area contributed by atoms with Crippen molar-refractivity contribution in [3.63, 3.8) is 0 Å². The fourth-order valence-corrected chi connectivity index (χ4v) is 2.84. The van der Waals surface area contributed by atoms with Gasteiger partial charge in [-0.25, -0.2) is 14.4 Å². The largest absolute Gasteiger partial charge is 0.519 e. The summed E-state index contributed by atoms with van der Waals surface area (Å²) in [6, 6.07) is 8.05. The van der Waals surface area contributed by atoms with Gasteiger partial charge in [0.15, 0.2) is 18.1 Å². The maximum Gasteiger partial charge on any atom is 0.519 e. The van der Waals surface area contributed by atoms with E-state index in [0.29, 0.717) is 12.8 Å². The molecule has 182 valence electrons. The summed E-state index contributed by atoms with van der Waals surface area (Å²) in [6.45, 7) is 1.49. The van der Waals surface area contributed by atoms with E-state index in [1.165, 1.54) is 6.92 Å². The average molecular weight is 468 g/mol. The first kappa shape index (κ1) is 26.1. The van der Waals surface area contributed by atoms with Gasteiger partial charge in [-0.15, -0.1) is 0 Å². The Labute approximate surface area is 189 Å². The van der Waals surface area contributed by atoms with Gasteiger partial charge in [-0.3, -0.25) is 15.3 Å². The van der Waals surface area contributed by atoms with Crippen molar-refractivity contribution >= 4 is 12.1 Å². The zero-order valence-electron chi connectivity index (χ0n) is 18.2. The molecule has 0 saturated heterocycles. The summed E-state index contributed by atoms with van der Waals surface area (Å²) >= 11 is 0. The number of benzene rings is 1. The average Bonchev–Trinajstić information content (AvgIpc) is 3.10. The highest BCUT2D eigenvalue weighted by Crippen LogP contribution is 2.10. The van der Waals surface area contributed by atoms with Crippen molar-refractivity contribution in [2.45, 2.75) is 51.7 Å². The Morgan fingerprint density at radius 3 is 2.36 bits per heavy atom. The van der Waals surface area contributed by atoms with Crippen LogP contribution in [0.4, 0.5) is 4.79 Å². The molecule has 1 unspecified atom stereocenters. The van der Waals surface area contributed by atoms with Crippen molar-refractivity contribution in [1.29, 1.82) is 0 Å². The fourth-order valence-electron chi connectivity index (χ4n) is 2.84. The van der Waals surface area contributed by atoms with Crippen molar-refractivity contribution in [1.82, 2.24) is 10.7 Å². The third-order valence-corrected chi connectivity index (χ3v) is 4.52. The van der Waals surface area contributed by atoms with E-state index in [9.17, 15) is 14.4 Å². The predicted molar refractivity (Wildman–Crippen MR) is 110 cm³/mol. The second-order valence-electron chi connectivity index (χ2n) is 7.06. The Hall–Kier alpha value is -3.19. The summed E-state index contributed by atoms with van der Waals surface area (Å²) in [4.78, 5) is 40.4. The number of carbonyl (C=O) groups is 2. The third kappa shape index (κ3) is 10.3. The molecule has 2 rings (SSSR count). The van der Waals surface area contributed by atoms with Gasteiger partial charge in [0, 0.05) is 6.42 Å². The van der Waals surface area contributed by atoms with Gasteiger partial charge < -0.3 is 23.6 Å². The number of alkyl carbamates (subject to hydrolysis) is 1. The molecule has 12 heteroatoms. The molecule has 1 heterocycles. The predicted octanol–water partition coefficient (Wildman–Crippen LogP) is 2.49. The lowest BCUT2D eigenvalue weighted by atomic mass is 10.1. The van der Waals surface area contributed by atoms with Gasteiger partial charge in [0.1, 0.15) is 6.04 Å². The van der Waals surface area contributed by atoms with Crippen molar-refractivity contribution in [2.24, 2.45) is 0 Å². The second-order valence-corrected chi connectivity index (χ2v) is 7.06. The summed E-state index contributed by atoms with van der Waals surface area (Å²) < 4.78 is 19.9. The highest BCUT2D eigenvalue weighted by atomic mass is 17.1. The molecule has 1 aromatic carbocycles. The van der Waals surface area contributed by atoms with Crippen LogP contribution in [0.25, 0.3) is 0 Å². The zero-order valence-corrected chi connectivity index (χ0v) is 18.2. The first-order valence-corrected chi connectivity index (χ1v) is 10.4. The van der Waals surface area contributed by atoms with Crippen LogP contribution in [0.2, 0.25) is 0 Å². The van der Waals surface area contributed by atoms with Crippen molar-refractivity contribution in [3.8, 4) is 0 Å². The van der Waals surface area contributed by atoms with Crippen LogP contribution in [0, 0.1) is 6.92 Å². The first-order valence-electron chi connectivity index (χ1n) is 10.4. The molecule has 12 nitrogen and oxygen atoms in total. The van der Waals surface area contributed by atoms with Crippen LogP contribution in [-0.4, -0.2) is 47.1 Å². The Bertz CT molecular complexity index is 909. The Morgan fingerprint density at radius 2 is 1.73 bits per heavy atom. The lowest BCUT2D eigenvalue weighted by molar-refractivity contribution is -0.492. The van der Waals surface area contributed by atoms with Crippen LogP contribution in [0.1, 0.15) is 42.8 Å². The minimum atomic E-state index is -1.02. The Balaban J connectivity index is 1.80. The van der Waals surface area contributed by atoms with Crippen LogP contribution in [0.15, 0.2) is 44.0 Å². The molecule has 0 radical (unpaired) electrons. The number of unbranched alkanes of at least 4 members (excludes halogenated alkanes) is 3. The van der Waals surface area contributed by atoms with Crippen molar-refractivity contribution in [2.75, 3.05) is 13.2 Å². The number of esters is 1. The standard InChI is InChI=1S/C21H28N2O10/c1-15-18(33-21(26)32-15)14-30-19(24)17(13-16-9-5-4-6-10-16)22-20(25)29-11-7-2-3-8-12-31-23(27)28/h4-6,9-10,17,27-28H,2-3,7-8,11-14H2,1H3,(H,22,25). The Kier molecular flexibility index (Phi) is 11.1. The first-order chi connectivity index (χ1) is 15.8. The molecule has 0 aliphatic rings. The van der Waals surface area contributed by atoms with Gasteiger partial charge >= 0.3 is 17.9 Å². The molecule has 0 bridgehead atoms. The molecule has 1 atom stereocenters. The van der Waals surface area contributed by atoms with Crippen LogP contribution < -0.4 is 11.1 Å². The fraction of sp³-hybridized carbons (Fsp3) is 0.476. The number of aryl methyl sites for hydroxylation is 1. The monoisotopic (exact) mass is 468 g/mol. The number of nitrogens with one attached hydrogen (secondary N) is 1. The van der Waals surface area contributed by atoms with E-state index in [2.05, 4.69) is 10.2 Å². The highest BCUT2D eigenvalue weighted by molar-refractivity contribution is 5.81. The number of hydrogen-bond donors (Lipinski definition) is 3. The summed E-state index contributed by atoms with van der Waals surface area (Å²) in [7, 11) is 0. The van der Waals surface area contributed by atoms with Crippen molar-refractivity contribution < 1.29 is 43.1 Å². The van der Waals surface area contributed by atoms with Gasteiger partial charge in [-0.2, -0.15) is 0 Å². The normalized spacial score (nSPS) is 11.9. The molecular weight excluding hydrogens is 440 g/mol. The number of amides is 1. The third-order valence-electron chi connectivity index (χ3n) is 4.52. The Morgan fingerprint density at radius 1 is 1.03 bits per heavy atom. The van der Waals surface area contributed by atoms with E-state index in [1.807, 2.05) is 30.3 Å². The quantitative estimate of drug-likeness (QED) is 0.212. The lowest BCUT2D eigenvalue weighted by Gasteiger charge is -2.17. The molecule has 0 saturated carbocycles. The number of hydrogen-bond acceptors (Lipinski definition) is 11.